The molecule has 0 aromatic heterocycles. The Morgan fingerprint density at radius 1 is 1.50 bits per heavy atom. The van der Waals surface area contributed by atoms with E-state index in [1.807, 2.05) is 24.3 Å². The van der Waals surface area contributed by atoms with Crippen molar-refractivity contribution in [1.82, 2.24) is 0 Å². The van der Waals surface area contributed by atoms with Gasteiger partial charge in [-0.25, -0.2) is 4.79 Å². The van der Waals surface area contributed by atoms with Crippen LogP contribution in [0.25, 0.3) is 0 Å². The minimum atomic E-state index is -0.309. The third-order valence-electron chi connectivity index (χ3n) is 2.58. The van der Waals surface area contributed by atoms with E-state index in [4.69, 9.17) is 10.5 Å². The van der Waals surface area contributed by atoms with Gasteiger partial charge in [0.15, 0.2) is 0 Å². The highest BCUT2D eigenvalue weighted by Crippen LogP contribution is 2.28. The van der Waals surface area contributed by atoms with Crippen molar-refractivity contribution < 1.29 is 9.53 Å². The molecule has 0 spiro atoms. The van der Waals surface area contributed by atoms with Gasteiger partial charge in [-0.15, -0.1) is 0 Å². The molecule has 2 N–H and O–H groups in total. The van der Waals surface area contributed by atoms with Gasteiger partial charge < -0.3 is 10.5 Å². The Balaban J connectivity index is 2.25. The van der Waals surface area contributed by atoms with E-state index in [0.717, 1.165) is 10.2 Å². The Morgan fingerprint density at radius 3 is 2.94 bits per heavy atom. The average Bonchev–Trinajstić information content (AvgIpc) is 2.31. The molecule has 0 aliphatic carbocycles. The minimum Gasteiger partial charge on any atom is -0.449 e. The summed E-state index contributed by atoms with van der Waals surface area (Å²) in [5.41, 5.74) is 6.42. The van der Waals surface area contributed by atoms with Crippen LogP contribution in [-0.4, -0.2) is 25.8 Å². The third kappa shape index (κ3) is 2.20. The van der Waals surface area contributed by atoms with E-state index in [1.165, 1.54) is 0 Å². The van der Waals surface area contributed by atoms with Gasteiger partial charge in [0.2, 0.25) is 0 Å². The number of benzene rings is 1. The Bertz CT molecular complexity index is 397. The summed E-state index contributed by atoms with van der Waals surface area (Å²) in [4.78, 5) is 13.3. The molecule has 0 saturated carbocycles. The zero-order chi connectivity index (χ0) is 11.5. The molecule has 4 nitrogen and oxygen atoms in total. The monoisotopic (exact) mass is 284 g/mol. The molecule has 86 valence electrons. The predicted octanol–water partition coefficient (Wildman–Crippen LogP) is 1.98. The van der Waals surface area contributed by atoms with Crippen LogP contribution in [0.2, 0.25) is 0 Å². The number of anilines is 1. The van der Waals surface area contributed by atoms with E-state index in [2.05, 4.69) is 15.9 Å². The second kappa shape index (κ2) is 4.84. The molecule has 1 aliphatic rings. The van der Waals surface area contributed by atoms with Gasteiger partial charge in [0.25, 0.3) is 0 Å². The highest BCUT2D eigenvalue weighted by molar-refractivity contribution is 9.10. The van der Waals surface area contributed by atoms with Crippen LogP contribution in [-0.2, 0) is 4.74 Å². The maximum absolute atomic E-state index is 11.7. The quantitative estimate of drug-likeness (QED) is 0.904. The summed E-state index contributed by atoms with van der Waals surface area (Å²) in [6, 6.07) is 7.57. The summed E-state index contributed by atoms with van der Waals surface area (Å²) in [5, 5.41) is 0. The zero-order valence-corrected chi connectivity index (χ0v) is 10.3. The van der Waals surface area contributed by atoms with Crippen LogP contribution in [0.15, 0.2) is 28.7 Å². The summed E-state index contributed by atoms with van der Waals surface area (Å²) in [6.07, 6.45) is -0.309. The van der Waals surface area contributed by atoms with Gasteiger partial charge in [0.05, 0.1) is 12.3 Å². The Morgan fingerprint density at radius 2 is 2.25 bits per heavy atom. The number of cyclic esters (lactones) is 1. The molecule has 1 saturated heterocycles. The zero-order valence-electron chi connectivity index (χ0n) is 8.73. The molecule has 0 radical (unpaired) electrons. The number of carbonyl (C=O) groups excluding carboxylic acids is 1. The number of amides is 1. The lowest BCUT2D eigenvalue weighted by Gasteiger charge is -2.32. The highest BCUT2D eigenvalue weighted by Gasteiger charge is 2.28. The van der Waals surface area contributed by atoms with Crippen LogP contribution >= 0.6 is 15.9 Å². The lowest BCUT2D eigenvalue weighted by atomic mass is 10.1. The first-order valence-corrected chi connectivity index (χ1v) is 5.90. The third-order valence-corrected chi connectivity index (χ3v) is 3.25. The van der Waals surface area contributed by atoms with E-state index >= 15 is 0 Å². The van der Waals surface area contributed by atoms with Crippen molar-refractivity contribution in [2.45, 2.75) is 0 Å². The number of hydrogen-bond donors (Lipinski definition) is 1. The normalized spacial score (nSPS) is 20.8. The molecule has 1 heterocycles. The molecule has 0 bridgehead atoms. The lowest BCUT2D eigenvalue weighted by Crippen LogP contribution is -2.45. The summed E-state index contributed by atoms with van der Waals surface area (Å²) >= 11 is 3.42. The van der Waals surface area contributed by atoms with Crippen LogP contribution in [0, 0.1) is 5.92 Å². The molecule has 5 heteroatoms. The van der Waals surface area contributed by atoms with Crippen LogP contribution in [0.4, 0.5) is 10.5 Å². The van der Waals surface area contributed by atoms with Gasteiger partial charge in [-0.3, -0.25) is 4.90 Å². The molecule has 1 fully saturated rings. The standard InChI is InChI=1S/C11H13BrN2O2/c12-9-3-1-2-4-10(9)14-6-8(5-13)7-16-11(14)15/h1-4,8H,5-7,13H2. The Labute approximate surface area is 102 Å². The van der Waals surface area contributed by atoms with E-state index < -0.39 is 0 Å². The van der Waals surface area contributed by atoms with Crippen molar-refractivity contribution in [1.29, 1.82) is 0 Å². The molecular formula is C11H13BrN2O2. The number of nitrogens with zero attached hydrogens (tertiary/aromatic N) is 1. The number of halogens is 1. The minimum absolute atomic E-state index is 0.199. The van der Waals surface area contributed by atoms with Crippen molar-refractivity contribution in [2.75, 3.05) is 24.6 Å². The molecule has 2 rings (SSSR count). The van der Waals surface area contributed by atoms with Gasteiger partial charge in [0, 0.05) is 23.5 Å². The van der Waals surface area contributed by atoms with Gasteiger partial charge in [-0.05, 0) is 28.1 Å². The van der Waals surface area contributed by atoms with Crippen molar-refractivity contribution in [2.24, 2.45) is 11.7 Å². The van der Waals surface area contributed by atoms with E-state index in [-0.39, 0.29) is 12.0 Å². The number of carbonyl (C=O) groups is 1. The largest absolute Gasteiger partial charge is 0.449 e. The van der Waals surface area contributed by atoms with Crippen molar-refractivity contribution >= 4 is 27.7 Å². The van der Waals surface area contributed by atoms with Gasteiger partial charge in [-0.2, -0.15) is 0 Å². The van der Waals surface area contributed by atoms with Gasteiger partial charge in [-0.1, -0.05) is 12.1 Å². The van der Waals surface area contributed by atoms with Crippen molar-refractivity contribution in [3.8, 4) is 0 Å². The molecule has 1 aliphatic heterocycles. The van der Waals surface area contributed by atoms with Crippen LogP contribution in [0.3, 0.4) is 0 Å². The summed E-state index contributed by atoms with van der Waals surface area (Å²) in [5.74, 6) is 0.199. The molecule has 1 aromatic rings. The number of nitrogens with two attached hydrogens (primary N) is 1. The highest BCUT2D eigenvalue weighted by atomic mass is 79.9. The maximum atomic E-state index is 11.7. The Kier molecular flexibility index (Phi) is 3.46. The van der Waals surface area contributed by atoms with Crippen LogP contribution in [0.5, 0.6) is 0 Å². The molecule has 16 heavy (non-hydrogen) atoms. The summed E-state index contributed by atoms with van der Waals surface area (Å²) in [7, 11) is 0. The number of para-hydroxylation sites is 1. The lowest BCUT2D eigenvalue weighted by molar-refractivity contribution is 0.117. The molecule has 1 amide bonds. The average molecular weight is 285 g/mol. The smallest absolute Gasteiger partial charge is 0.414 e. The summed E-state index contributed by atoms with van der Waals surface area (Å²) in [6.45, 7) is 1.54. The van der Waals surface area contributed by atoms with Crippen LogP contribution < -0.4 is 10.6 Å². The Hall–Kier alpha value is -1.07. The number of rotatable bonds is 2. The van der Waals surface area contributed by atoms with E-state index in [1.54, 1.807) is 4.90 Å². The number of hydrogen-bond acceptors (Lipinski definition) is 3. The second-order valence-electron chi connectivity index (χ2n) is 3.74. The van der Waals surface area contributed by atoms with Crippen molar-refractivity contribution in [3.05, 3.63) is 28.7 Å². The van der Waals surface area contributed by atoms with Gasteiger partial charge in [0.1, 0.15) is 0 Å². The SMILES string of the molecule is NCC1COC(=O)N(c2ccccc2Br)C1. The van der Waals surface area contributed by atoms with E-state index in [0.29, 0.717) is 19.7 Å². The fourth-order valence-electron chi connectivity index (χ4n) is 1.66. The number of ether oxygens (including phenoxy) is 1. The molecular weight excluding hydrogens is 272 g/mol. The summed E-state index contributed by atoms with van der Waals surface area (Å²) < 4.78 is 5.97. The first-order valence-electron chi connectivity index (χ1n) is 5.11. The predicted molar refractivity (Wildman–Crippen MR) is 65.4 cm³/mol. The van der Waals surface area contributed by atoms with Gasteiger partial charge >= 0.3 is 6.09 Å². The maximum Gasteiger partial charge on any atom is 0.414 e. The fraction of sp³-hybridized carbons (Fsp3) is 0.364. The van der Waals surface area contributed by atoms with Crippen LogP contribution in [0.1, 0.15) is 0 Å². The molecule has 1 aromatic carbocycles. The van der Waals surface area contributed by atoms with E-state index in [9.17, 15) is 4.79 Å². The van der Waals surface area contributed by atoms with Crippen molar-refractivity contribution in [3.63, 3.8) is 0 Å². The second-order valence-corrected chi connectivity index (χ2v) is 4.59. The fourth-order valence-corrected chi connectivity index (χ4v) is 2.16. The first kappa shape index (κ1) is 11.4. The first-order chi connectivity index (χ1) is 7.72. The topological polar surface area (TPSA) is 55.6 Å². The molecule has 1 atom stereocenters. The molecule has 1 unspecified atom stereocenters.